The van der Waals surface area contributed by atoms with Gasteiger partial charge in [0.25, 0.3) is 0 Å². The van der Waals surface area contributed by atoms with Crippen LogP contribution in [0.15, 0.2) is 12.1 Å². The van der Waals surface area contributed by atoms with Gasteiger partial charge in [-0.2, -0.15) is 0 Å². The highest BCUT2D eigenvalue weighted by Gasteiger charge is 2.13. The molecular formula is C10H10F2O2. The molecule has 0 aliphatic heterocycles. The van der Waals surface area contributed by atoms with Crippen molar-refractivity contribution in [2.75, 3.05) is 6.61 Å². The van der Waals surface area contributed by atoms with Gasteiger partial charge in [-0.05, 0) is 19.9 Å². The van der Waals surface area contributed by atoms with Crippen molar-refractivity contribution in [2.45, 2.75) is 13.8 Å². The summed E-state index contributed by atoms with van der Waals surface area (Å²) in [6.07, 6.45) is 0. The Kier molecular flexibility index (Phi) is 3.17. The molecule has 0 bridgehead atoms. The van der Waals surface area contributed by atoms with Crippen LogP contribution in [0.4, 0.5) is 8.78 Å². The van der Waals surface area contributed by atoms with Gasteiger partial charge < -0.3 is 4.74 Å². The Balaban J connectivity index is 3.20. The van der Waals surface area contributed by atoms with Crippen LogP contribution in [0.1, 0.15) is 24.2 Å². The summed E-state index contributed by atoms with van der Waals surface area (Å²) < 4.78 is 30.9. The molecule has 0 aliphatic rings. The summed E-state index contributed by atoms with van der Waals surface area (Å²) >= 11 is 0. The van der Waals surface area contributed by atoms with E-state index in [9.17, 15) is 13.6 Å². The SMILES string of the molecule is CCOc1cc(C(C)=O)c(F)cc1F. The van der Waals surface area contributed by atoms with Crippen LogP contribution in [-0.2, 0) is 0 Å². The van der Waals surface area contributed by atoms with Crippen LogP contribution in [0, 0.1) is 11.6 Å². The Morgan fingerprint density at radius 1 is 1.36 bits per heavy atom. The zero-order valence-electron chi connectivity index (χ0n) is 7.93. The summed E-state index contributed by atoms with van der Waals surface area (Å²) in [5, 5.41) is 0. The molecule has 0 unspecified atom stereocenters. The number of ketones is 1. The molecule has 0 aliphatic carbocycles. The molecule has 0 N–H and O–H groups in total. The molecule has 1 aromatic carbocycles. The van der Waals surface area contributed by atoms with Crippen molar-refractivity contribution in [3.63, 3.8) is 0 Å². The molecule has 0 saturated heterocycles. The van der Waals surface area contributed by atoms with E-state index in [2.05, 4.69) is 0 Å². The number of hydrogen-bond donors (Lipinski definition) is 0. The van der Waals surface area contributed by atoms with Gasteiger partial charge in [-0.1, -0.05) is 0 Å². The lowest BCUT2D eigenvalue weighted by molar-refractivity contribution is 0.101. The first-order valence-corrected chi connectivity index (χ1v) is 4.19. The van der Waals surface area contributed by atoms with Gasteiger partial charge in [0.15, 0.2) is 17.3 Å². The lowest BCUT2D eigenvalue weighted by Gasteiger charge is -2.06. The lowest BCUT2D eigenvalue weighted by Crippen LogP contribution is -2.02. The summed E-state index contributed by atoms with van der Waals surface area (Å²) in [6, 6.07) is 1.73. The quantitative estimate of drug-likeness (QED) is 0.701. The average Bonchev–Trinajstić information content (AvgIpc) is 2.09. The van der Waals surface area contributed by atoms with E-state index in [1.165, 1.54) is 6.92 Å². The second-order valence-corrected chi connectivity index (χ2v) is 2.75. The Morgan fingerprint density at radius 2 is 2.00 bits per heavy atom. The molecule has 0 heterocycles. The molecule has 0 radical (unpaired) electrons. The lowest BCUT2D eigenvalue weighted by atomic mass is 10.1. The highest BCUT2D eigenvalue weighted by Crippen LogP contribution is 2.21. The second kappa shape index (κ2) is 4.17. The molecule has 0 saturated carbocycles. The third kappa shape index (κ3) is 2.07. The van der Waals surface area contributed by atoms with E-state index in [4.69, 9.17) is 4.74 Å². The highest BCUT2D eigenvalue weighted by atomic mass is 19.1. The van der Waals surface area contributed by atoms with Crippen molar-refractivity contribution in [3.8, 4) is 5.75 Å². The van der Waals surface area contributed by atoms with Crippen LogP contribution < -0.4 is 4.74 Å². The van der Waals surface area contributed by atoms with Crippen molar-refractivity contribution < 1.29 is 18.3 Å². The predicted molar refractivity (Wildman–Crippen MR) is 47.5 cm³/mol. The van der Waals surface area contributed by atoms with Crippen molar-refractivity contribution in [1.82, 2.24) is 0 Å². The zero-order valence-corrected chi connectivity index (χ0v) is 7.93. The fourth-order valence-electron chi connectivity index (χ4n) is 1.07. The Bertz CT molecular complexity index is 361. The normalized spacial score (nSPS) is 10.0. The standard InChI is InChI=1S/C10H10F2O2/c1-3-14-10-4-7(6(2)13)8(11)5-9(10)12/h4-5H,3H2,1-2H3. The van der Waals surface area contributed by atoms with E-state index in [-0.39, 0.29) is 17.9 Å². The van der Waals surface area contributed by atoms with Crippen molar-refractivity contribution >= 4 is 5.78 Å². The van der Waals surface area contributed by atoms with Crippen LogP contribution >= 0.6 is 0 Å². The molecule has 2 nitrogen and oxygen atoms in total. The molecule has 14 heavy (non-hydrogen) atoms. The van der Waals surface area contributed by atoms with Crippen LogP contribution in [0.2, 0.25) is 0 Å². The molecule has 0 amide bonds. The number of carbonyl (C=O) groups is 1. The van der Waals surface area contributed by atoms with E-state index in [0.29, 0.717) is 6.07 Å². The third-order valence-electron chi connectivity index (χ3n) is 1.70. The number of Topliss-reactive ketones (excluding diaryl/α,β-unsaturated/α-hetero) is 1. The Hall–Kier alpha value is -1.45. The maximum absolute atomic E-state index is 13.0. The molecule has 0 atom stereocenters. The topological polar surface area (TPSA) is 26.3 Å². The smallest absolute Gasteiger partial charge is 0.168 e. The molecule has 1 aromatic rings. The van der Waals surface area contributed by atoms with Gasteiger partial charge in [0, 0.05) is 6.07 Å². The van der Waals surface area contributed by atoms with E-state index < -0.39 is 17.4 Å². The maximum Gasteiger partial charge on any atom is 0.168 e. The zero-order chi connectivity index (χ0) is 10.7. The average molecular weight is 200 g/mol. The number of halogens is 2. The summed E-state index contributed by atoms with van der Waals surface area (Å²) in [6.45, 7) is 3.15. The minimum atomic E-state index is -0.863. The monoisotopic (exact) mass is 200 g/mol. The maximum atomic E-state index is 13.0. The highest BCUT2D eigenvalue weighted by molar-refractivity contribution is 5.94. The molecule has 4 heteroatoms. The summed E-state index contributed by atoms with van der Waals surface area (Å²) in [7, 11) is 0. The van der Waals surface area contributed by atoms with Crippen molar-refractivity contribution in [3.05, 3.63) is 29.3 Å². The predicted octanol–water partition coefficient (Wildman–Crippen LogP) is 2.57. The largest absolute Gasteiger partial charge is 0.491 e. The van der Waals surface area contributed by atoms with E-state index in [0.717, 1.165) is 6.07 Å². The summed E-state index contributed by atoms with van der Waals surface area (Å²) in [5.41, 5.74) is -0.158. The van der Waals surface area contributed by atoms with Crippen LogP contribution in [0.25, 0.3) is 0 Å². The molecule has 1 rings (SSSR count). The number of rotatable bonds is 3. The molecule has 0 fully saturated rings. The van der Waals surface area contributed by atoms with E-state index in [1.54, 1.807) is 6.92 Å². The molecule has 76 valence electrons. The Labute approximate surface area is 80.5 Å². The minimum absolute atomic E-state index is 0.0981. The van der Waals surface area contributed by atoms with Crippen molar-refractivity contribution in [1.29, 1.82) is 0 Å². The minimum Gasteiger partial charge on any atom is -0.491 e. The fraction of sp³-hybridized carbons (Fsp3) is 0.300. The first-order valence-electron chi connectivity index (χ1n) is 4.19. The molecule has 0 spiro atoms. The Morgan fingerprint density at radius 3 is 2.50 bits per heavy atom. The van der Waals surface area contributed by atoms with Crippen molar-refractivity contribution in [2.24, 2.45) is 0 Å². The van der Waals surface area contributed by atoms with Crippen LogP contribution in [0.5, 0.6) is 5.75 Å². The van der Waals surface area contributed by atoms with Gasteiger partial charge in [-0.3, -0.25) is 4.79 Å². The summed E-state index contributed by atoms with van der Waals surface area (Å²) in [5.74, 6) is -2.21. The number of benzene rings is 1. The molecular weight excluding hydrogens is 190 g/mol. The number of hydrogen-bond acceptors (Lipinski definition) is 2. The first kappa shape index (κ1) is 10.6. The van der Waals surface area contributed by atoms with Gasteiger partial charge in [0.2, 0.25) is 0 Å². The fourth-order valence-corrected chi connectivity index (χ4v) is 1.07. The van der Waals surface area contributed by atoms with Crippen LogP contribution in [0.3, 0.4) is 0 Å². The second-order valence-electron chi connectivity index (χ2n) is 2.75. The van der Waals surface area contributed by atoms with Crippen LogP contribution in [-0.4, -0.2) is 12.4 Å². The number of carbonyl (C=O) groups excluding carboxylic acids is 1. The summed E-state index contributed by atoms with van der Waals surface area (Å²) in [4.78, 5) is 10.9. The molecule has 0 aromatic heterocycles. The first-order chi connectivity index (χ1) is 6.56. The third-order valence-corrected chi connectivity index (χ3v) is 1.70. The van der Waals surface area contributed by atoms with Gasteiger partial charge in [0.05, 0.1) is 12.2 Å². The van der Waals surface area contributed by atoms with E-state index >= 15 is 0 Å². The van der Waals surface area contributed by atoms with E-state index in [1.807, 2.05) is 0 Å². The van der Waals surface area contributed by atoms with Gasteiger partial charge in [-0.15, -0.1) is 0 Å². The van der Waals surface area contributed by atoms with Gasteiger partial charge in [0.1, 0.15) is 5.82 Å². The van der Waals surface area contributed by atoms with Gasteiger partial charge in [-0.25, -0.2) is 8.78 Å². The number of ether oxygens (including phenoxy) is 1. The van der Waals surface area contributed by atoms with Gasteiger partial charge >= 0.3 is 0 Å².